The third-order valence-electron chi connectivity index (χ3n) is 7.18. The van der Waals surface area contributed by atoms with E-state index in [0.717, 1.165) is 23.3 Å². The van der Waals surface area contributed by atoms with Crippen LogP contribution in [0, 0.1) is 6.92 Å². The molecule has 0 bridgehead atoms. The van der Waals surface area contributed by atoms with Gasteiger partial charge in [0.2, 0.25) is 0 Å². The molecule has 1 heterocycles. The second-order valence-electron chi connectivity index (χ2n) is 9.81. The van der Waals surface area contributed by atoms with Crippen molar-refractivity contribution in [3.05, 3.63) is 87.3 Å². The van der Waals surface area contributed by atoms with E-state index in [4.69, 9.17) is 21.1 Å². The number of aromatic carboxylic acids is 1. The number of alkyl halides is 3. The third kappa shape index (κ3) is 6.71. The van der Waals surface area contributed by atoms with Crippen LogP contribution in [-0.2, 0) is 17.5 Å². The second-order valence-corrected chi connectivity index (χ2v) is 11.5. The Labute approximate surface area is 251 Å². The van der Waals surface area contributed by atoms with Crippen molar-refractivity contribution in [1.29, 1.82) is 0 Å². The maximum atomic E-state index is 13.8. The Hall–Kier alpha value is -3.63. The summed E-state index contributed by atoms with van der Waals surface area (Å²) >= 11 is 7.41. The Morgan fingerprint density at radius 3 is 2.45 bits per heavy atom. The van der Waals surface area contributed by atoms with Gasteiger partial charge in [0, 0.05) is 11.3 Å². The largest absolute Gasteiger partial charge is 0.496 e. The highest BCUT2D eigenvalue weighted by Crippen LogP contribution is 2.40. The van der Waals surface area contributed by atoms with Crippen molar-refractivity contribution >= 4 is 35.4 Å². The topological polar surface area (TPSA) is 76.1 Å². The second kappa shape index (κ2) is 12.7. The van der Waals surface area contributed by atoms with E-state index < -0.39 is 35.9 Å². The fourth-order valence-electron chi connectivity index (χ4n) is 4.84. The number of hydrogen-bond donors (Lipinski definition) is 1. The van der Waals surface area contributed by atoms with Crippen LogP contribution in [0.3, 0.4) is 0 Å². The van der Waals surface area contributed by atoms with Crippen molar-refractivity contribution in [2.24, 2.45) is 0 Å². The number of halogens is 4. The first-order valence-electron chi connectivity index (χ1n) is 13.0. The summed E-state index contributed by atoms with van der Waals surface area (Å²) in [6, 6.07) is 13.1. The average molecular weight is 620 g/mol. The molecule has 6 nitrogen and oxygen atoms in total. The normalized spacial score (nSPS) is 17.4. The number of amides is 1. The maximum Gasteiger partial charge on any atom is 0.416 e. The predicted octanol–water partition coefficient (Wildman–Crippen LogP) is 8.60. The van der Waals surface area contributed by atoms with Gasteiger partial charge in [0.25, 0.3) is 0 Å². The number of nitrogens with zero attached hydrogens (tertiary/aromatic N) is 1. The van der Waals surface area contributed by atoms with Crippen LogP contribution < -0.4 is 4.74 Å². The molecule has 0 aliphatic carbocycles. The monoisotopic (exact) mass is 619 g/mol. The van der Waals surface area contributed by atoms with E-state index in [2.05, 4.69) is 0 Å². The van der Waals surface area contributed by atoms with E-state index >= 15 is 0 Å². The molecular formula is C31H29ClF3NO5S. The van der Waals surface area contributed by atoms with Gasteiger partial charge in [-0.3, -0.25) is 4.90 Å². The van der Waals surface area contributed by atoms with E-state index in [9.17, 15) is 27.9 Å². The number of allylic oxidation sites excluding steroid dienone is 1. The molecule has 42 heavy (non-hydrogen) atoms. The number of carboxylic acid groups (broad SMARTS) is 1. The smallest absolute Gasteiger partial charge is 0.416 e. The van der Waals surface area contributed by atoms with Gasteiger partial charge < -0.3 is 14.6 Å². The summed E-state index contributed by atoms with van der Waals surface area (Å²) in [5, 5.41) is 9.34. The van der Waals surface area contributed by atoms with Crippen LogP contribution in [0.4, 0.5) is 18.0 Å². The van der Waals surface area contributed by atoms with Gasteiger partial charge in [-0.25, -0.2) is 9.59 Å². The van der Waals surface area contributed by atoms with Crippen molar-refractivity contribution in [3.8, 4) is 28.0 Å². The lowest BCUT2D eigenvalue weighted by Crippen LogP contribution is -2.34. The number of thioether (sulfide) groups is 1. The molecule has 0 spiro atoms. The van der Waals surface area contributed by atoms with E-state index in [1.54, 1.807) is 57.2 Å². The first-order valence-corrected chi connectivity index (χ1v) is 14.3. The number of benzene rings is 3. The molecule has 0 radical (unpaired) electrons. The van der Waals surface area contributed by atoms with Crippen LogP contribution >= 0.6 is 23.4 Å². The van der Waals surface area contributed by atoms with Gasteiger partial charge in [0.15, 0.2) is 0 Å². The molecule has 3 aromatic carbocycles. The van der Waals surface area contributed by atoms with Crippen LogP contribution in [0.2, 0.25) is 0 Å². The molecule has 1 N–H and O–H groups in total. The van der Waals surface area contributed by atoms with Crippen LogP contribution in [-0.4, -0.2) is 47.1 Å². The Morgan fingerprint density at radius 2 is 1.83 bits per heavy atom. The average Bonchev–Trinajstić information content (AvgIpc) is 3.22. The Bertz CT molecular complexity index is 1540. The van der Waals surface area contributed by atoms with Gasteiger partial charge in [-0.15, -0.1) is 11.8 Å². The molecule has 11 heteroatoms. The van der Waals surface area contributed by atoms with E-state index in [0.29, 0.717) is 32.6 Å². The van der Waals surface area contributed by atoms with Gasteiger partial charge in [0.05, 0.1) is 35.2 Å². The van der Waals surface area contributed by atoms with Crippen molar-refractivity contribution in [2.75, 3.05) is 12.9 Å². The highest BCUT2D eigenvalue weighted by molar-refractivity contribution is 8.04. The standard InChI is InChI=1S/C31H29ClF3NO5S/c1-5-28(32)42-16-27-18(3)36(30(39)41-27)15-21-13-22(31(33,34)35)8-10-24(21)25-14-19(7-11-26(25)40-4)23-9-6-20(29(37)38)12-17(23)2/h5-14,18,27H,15-16H2,1-4H3,(H,37,38)/b28-5-/t18-,27+/m0/s1. The van der Waals surface area contributed by atoms with Gasteiger partial charge >= 0.3 is 18.2 Å². The van der Waals surface area contributed by atoms with E-state index in [1.807, 2.05) is 0 Å². The molecule has 1 aliphatic rings. The molecule has 1 fully saturated rings. The number of aryl methyl sites for hydroxylation is 1. The van der Waals surface area contributed by atoms with Gasteiger partial charge in [-0.05, 0) is 85.0 Å². The van der Waals surface area contributed by atoms with Crippen LogP contribution in [0.5, 0.6) is 5.75 Å². The Balaban J connectivity index is 1.78. The van der Waals surface area contributed by atoms with Crippen LogP contribution in [0.1, 0.15) is 40.9 Å². The lowest BCUT2D eigenvalue weighted by atomic mass is 9.91. The number of carbonyl (C=O) groups is 2. The maximum absolute atomic E-state index is 13.8. The van der Waals surface area contributed by atoms with Crippen LogP contribution in [0.15, 0.2) is 65.0 Å². The summed E-state index contributed by atoms with van der Waals surface area (Å²) in [6.45, 7) is 5.24. The molecule has 0 saturated carbocycles. The molecular weight excluding hydrogens is 591 g/mol. The van der Waals surface area contributed by atoms with E-state index in [1.165, 1.54) is 35.9 Å². The van der Waals surface area contributed by atoms with Crippen molar-refractivity contribution in [1.82, 2.24) is 4.90 Å². The summed E-state index contributed by atoms with van der Waals surface area (Å²) < 4.78 is 53.1. The van der Waals surface area contributed by atoms with Gasteiger partial charge in [0.1, 0.15) is 11.9 Å². The summed E-state index contributed by atoms with van der Waals surface area (Å²) in [7, 11) is 1.47. The first-order chi connectivity index (χ1) is 19.8. The molecule has 0 unspecified atom stereocenters. The zero-order valence-electron chi connectivity index (χ0n) is 23.3. The Kier molecular flexibility index (Phi) is 9.47. The number of hydrogen-bond acceptors (Lipinski definition) is 5. The van der Waals surface area contributed by atoms with Crippen molar-refractivity contribution in [3.63, 3.8) is 0 Å². The minimum absolute atomic E-state index is 0.127. The molecule has 1 saturated heterocycles. The number of methoxy groups -OCH3 is 1. The summed E-state index contributed by atoms with van der Waals surface area (Å²) in [5.74, 6) is -0.223. The zero-order chi connectivity index (χ0) is 30.8. The van der Waals surface area contributed by atoms with Crippen molar-refractivity contribution in [2.45, 2.75) is 45.6 Å². The quantitative estimate of drug-likeness (QED) is 0.258. The molecule has 1 aliphatic heterocycles. The molecule has 2 atom stereocenters. The lowest BCUT2D eigenvalue weighted by molar-refractivity contribution is -0.137. The minimum atomic E-state index is -4.60. The zero-order valence-corrected chi connectivity index (χ0v) is 24.9. The highest BCUT2D eigenvalue weighted by Gasteiger charge is 2.39. The summed E-state index contributed by atoms with van der Waals surface area (Å²) in [4.78, 5) is 25.7. The lowest BCUT2D eigenvalue weighted by Gasteiger charge is -2.24. The number of ether oxygens (including phenoxy) is 2. The molecule has 222 valence electrons. The van der Waals surface area contributed by atoms with Gasteiger partial charge in [-0.2, -0.15) is 13.2 Å². The van der Waals surface area contributed by atoms with E-state index in [-0.39, 0.29) is 17.7 Å². The Morgan fingerprint density at radius 1 is 1.12 bits per heavy atom. The first kappa shape index (κ1) is 31.3. The van der Waals surface area contributed by atoms with Crippen LogP contribution in [0.25, 0.3) is 22.3 Å². The number of cyclic esters (lactones) is 1. The predicted molar refractivity (Wildman–Crippen MR) is 158 cm³/mol. The summed E-state index contributed by atoms with van der Waals surface area (Å²) in [6.07, 6.45) is -3.99. The number of carboxylic acids is 1. The highest BCUT2D eigenvalue weighted by atomic mass is 35.5. The molecule has 3 aromatic rings. The van der Waals surface area contributed by atoms with Crippen molar-refractivity contribution < 1.29 is 37.3 Å². The number of rotatable bonds is 9. The molecule has 1 amide bonds. The molecule has 4 rings (SSSR count). The van der Waals surface area contributed by atoms with Gasteiger partial charge in [-0.1, -0.05) is 35.9 Å². The third-order valence-corrected chi connectivity index (χ3v) is 8.73. The fourth-order valence-corrected chi connectivity index (χ4v) is 5.87. The minimum Gasteiger partial charge on any atom is -0.496 e. The summed E-state index contributed by atoms with van der Waals surface area (Å²) in [5.41, 5.74) is 2.74. The molecule has 0 aromatic heterocycles. The fraction of sp³-hybridized carbons (Fsp3) is 0.290. The number of carbonyl (C=O) groups excluding carboxylic acids is 1. The SMILES string of the molecule is C/C=C(/Cl)SC[C@H]1OC(=O)N(Cc2cc(C(F)(F)F)ccc2-c2cc(-c3ccc(C(=O)O)cc3C)ccc2OC)[C@H]1C.